The summed E-state index contributed by atoms with van der Waals surface area (Å²) in [6.07, 6.45) is 3.82. The molecule has 0 spiro atoms. The van der Waals surface area contributed by atoms with Crippen molar-refractivity contribution in [3.63, 3.8) is 0 Å². The number of methoxy groups -OCH3 is 2. The predicted molar refractivity (Wildman–Crippen MR) is 115 cm³/mol. The molecule has 1 aromatic carbocycles. The van der Waals surface area contributed by atoms with Crippen molar-refractivity contribution >= 4 is 17.5 Å². The fourth-order valence-electron chi connectivity index (χ4n) is 4.47. The van der Waals surface area contributed by atoms with Crippen LogP contribution in [-0.4, -0.2) is 48.7 Å². The van der Waals surface area contributed by atoms with Crippen molar-refractivity contribution in [3.05, 3.63) is 22.7 Å². The van der Waals surface area contributed by atoms with Gasteiger partial charge in [-0.2, -0.15) is 0 Å². The van der Waals surface area contributed by atoms with Gasteiger partial charge in [-0.1, -0.05) is 24.9 Å². The van der Waals surface area contributed by atoms with Gasteiger partial charge in [-0.3, -0.25) is 4.79 Å². The minimum atomic E-state index is -0.0353. The van der Waals surface area contributed by atoms with Gasteiger partial charge in [0.15, 0.2) is 11.5 Å². The fourth-order valence-corrected chi connectivity index (χ4v) is 4.76. The first-order valence-electron chi connectivity index (χ1n) is 10.1. The number of rotatable bonds is 7. The van der Waals surface area contributed by atoms with Crippen molar-refractivity contribution in [2.75, 3.05) is 20.8 Å². The lowest BCUT2D eigenvalue weighted by Crippen LogP contribution is -2.62. The van der Waals surface area contributed by atoms with Crippen LogP contribution >= 0.6 is 11.6 Å². The van der Waals surface area contributed by atoms with Crippen LogP contribution in [0.3, 0.4) is 0 Å². The number of hydrogen-bond donors (Lipinski definition) is 1. The van der Waals surface area contributed by atoms with Gasteiger partial charge in [0, 0.05) is 29.2 Å². The van der Waals surface area contributed by atoms with E-state index in [-0.39, 0.29) is 23.0 Å². The Morgan fingerprint density at radius 2 is 1.79 bits per heavy atom. The lowest BCUT2D eigenvalue weighted by molar-refractivity contribution is 0.0441. The molecule has 0 radical (unpaired) electrons. The zero-order valence-corrected chi connectivity index (χ0v) is 19.1. The third-order valence-corrected chi connectivity index (χ3v) is 5.58. The van der Waals surface area contributed by atoms with Gasteiger partial charge in [0.05, 0.1) is 19.2 Å². The number of ether oxygens (including phenoxy) is 2. The number of piperidine rings is 1. The molecule has 6 heteroatoms. The Balaban J connectivity index is 2.40. The van der Waals surface area contributed by atoms with Crippen LogP contribution in [-0.2, 0) is 0 Å². The van der Waals surface area contributed by atoms with Crippen LogP contribution < -0.4 is 14.8 Å². The summed E-state index contributed by atoms with van der Waals surface area (Å²) in [5.74, 6) is 0.916. The van der Waals surface area contributed by atoms with E-state index in [0.29, 0.717) is 22.1 Å². The van der Waals surface area contributed by atoms with E-state index < -0.39 is 0 Å². The molecule has 1 aliphatic rings. The third kappa shape index (κ3) is 5.32. The predicted octanol–water partition coefficient (Wildman–Crippen LogP) is 4.91. The molecule has 1 N–H and O–H groups in total. The Morgan fingerprint density at radius 3 is 2.29 bits per heavy atom. The van der Waals surface area contributed by atoms with Gasteiger partial charge in [0.25, 0.3) is 5.91 Å². The minimum Gasteiger partial charge on any atom is -0.493 e. The summed E-state index contributed by atoms with van der Waals surface area (Å²) in [7, 11) is 3.09. The largest absolute Gasteiger partial charge is 0.493 e. The van der Waals surface area contributed by atoms with Crippen LogP contribution in [0.5, 0.6) is 11.5 Å². The lowest BCUT2D eigenvalue weighted by atomic mass is 9.78. The number of nitrogens with zero attached hydrogens (tertiary/aromatic N) is 1. The van der Waals surface area contributed by atoms with E-state index >= 15 is 0 Å². The van der Waals surface area contributed by atoms with Gasteiger partial charge in [0.1, 0.15) is 0 Å². The number of amides is 1. The van der Waals surface area contributed by atoms with Crippen molar-refractivity contribution in [3.8, 4) is 11.5 Å². The number of halogens is 1. The van der Waals surface area contributed by atoms with Crippen molar-refractivity contribution in [1.29, 1.82) is 0 Å². The van der Waals surface area contributed by atoms with E-state index in [1.54, 1.807) is 19.2 Å². The second-order valence-electron chi connectivity index (χ2n) is 9.00. The van der Waals surface area contributed by atoms with Crippen molar-refractivity contribution in [1.82, 2.24) is 10.2 Å². The summed E-state index contributed by atoms with van der Waals surface area (Å²) >= 11 is 6.36. The molecule has 1 saturated heterocycles. The van der Waals surface area contributed by atoms with Gasteiger partial charge >= 0.3 is 0 Å². The quantitative estimate of drug-likeness (QED) is 0.693. The average molecular weight is 411 g/mol. The summed E-state index contributed by atoms with van der Waals surface area (Å²) in [4.78, 5) is 15.6. The van der Waals surface area contributed by atoms with E-state index in [1.165, 1.54) is 7.11 Å². The van der Waals surface area contributed by atoms with E-state index in [9.17, 15) is 4.79 Å². The molecule has 2 rings (SSSR count). The molecular weight excluding hydrogens is 376 g/mol. The topological polar surface area (TPSA) is 50.8 Å². The molecule has 1 aliphatic heterocycles. The number of nitrogens with one attached hydrogen (secondary N) is 1. The summed E-state index contributed by atoms with van der Waals surface area (Å²) < 4.78 is 10.7. The molecule has 1 heterocycles. The monoisotopic (exact) mass is 410 g/mol. The minimum absolute atomic E-state index is 0.00481. The molecule has 1 fully saturated rings. The Morgan fingerprint density at radius 1 is 1.18 bits per heavy atom. The van der Waals surface area contributed by atoms with Crippen LogP contribution in [0.25, 0.3) is 0 Å². The fraction of sp³-hybridized carbons (Fsp3) is 0.682. The van der Waals surface area contributed by atoms with Crippen LogP contribution in [0.1, 0.15) is 70.7 Å². The highest BCUT2D eigenvalue weighted by atomic mass is 35.5. The smallest absolute Gasteiger partial charge is 0.254 e. The number of carbonyl (C=O) groups is 1. The van der Waals surface area contributed by atoms with E-state index in [4.69, 9.17) is 21.1 Å². The van der Waals surface area contributed by atoms with Gasteiger partial charge < -0.3 is 19.7 Å². The van der Waals surface area contributed by atoms with Gasteiger partial charge in [-0.25, -0.2) is 0 Å². The van der Waals surface area contributed by atoms with E-state index in [1.807, 2.05) is 4.90 Å². The summed E-state index contributed by atoms with van der Waals surface area (Å²) in [5.41, 5.74) is 0.464. The maximum Gasteiger partial charge on any atom is 0.254 e. The summed E-state index contributed by atoms with van der Waals surface area (Å²) in [6, 6.07) is 3.57. The van der Waals surface area contributed by atoms with Crippen LogP contribution in [0.15, 0.2) is 12.1 Å². The molecule has 28 heavy (non-hydrogen) atoms. The zero-order valence-electron chi connectivity index (χ0n) is 18.3. The molecule has 0 aromatic heterocycles. The van der Waals surface area contributed by atoms with Crippen molar-refractivity contribution in [2.45, 2.75) is 77.4 Å². The summed E-state index contributed by atoms with van der Waals surface area (Å²) in [5, 5.41) is 4.08. The number of benzene rings is 1. The first-order chi connectivity index (χ1) is 13.0. The van der Waals surface area contributed by atoms with Gasteiger partial charge in [-0.05, 0) is 59.1 Å². The highest BCUT2D eigenvalue weighted by molar-refractivity contribution is 6.32. The molecule has 158 valence electrons. The molecule has 0 saturated carbocycles. The number of unbranched alkanes of at least 4 members (excludes halogenated alkanes) is 1. The maximum absolute atomic E-state index is 13.5. The first kappa shape index (κ1) is 22.8. The standard InChI is InChI=1S/C22H35ClN2O3/c1-8-9-10-25(16-13-21(2,3)24-22(4,5)14-16)20(26)15-11-17(23)19(28-7)18(12-15)27-6/h11-12,16,24H,8-10,13-14H2,1-7H3. The zero-order chi connectivity index (χ0) is 21.1. The highest BCUT2D eigenvalue weighted by Crippen LogP contribution is 2.37. The normalized spacial score (nSPS) is 18.6. The number of hydrogen-bond acceptors (Lipinski definition) is 4. The lowest BCUT2D eigenvalue weighted by Gasteiger charge is -2.49. The van der Waals surface area contributed by atoms with E-state index in [2.05, 4.69) is 39.9 Å². The second kappa shape index (κ2) is 8.91. The van der Waals surface area contributed by atoms with Gasteiger partial charge in [0.2, 0.25) is 0 Å². The van der Waals surface area contributed by atoms with Crippen LogP contribution in [0.4, 0.5) is 0 Å². The second-order valence-corrected chi connectivity index (χ2v) is 9.41. The van der Waals surface area contributed by atoms with Crippen LogP contribution in [0.2, 0.25) is 5.02 Å². The Kier molecular flexibility index (Phi) is 7.27. The van der Waals surface area contributed by atoms with Gasteiger partial charge in [-0.15, -0.1) is 0 Å². The maximum atomic E-state index is 13.5. The van der Waals surface area contributed by atoms with Crippen molar-refractivity contribution in [2.24, 2.45) is 0 Å². The first-order valence-corrected chi connectivity index (χ1v) is 10.4. The number of carbonyl (C=O) groups excluding carboxylic acids is 1. The molecule has 0 atom stereocenters. The molecule has 1 aromatic rings. The molecule has 0 aliphatic carbocycles. The summed E-state index contributed by atoms with van der Waals surface area (Å²) in [6.45, 7) is 11.7. The SMILES string of the molecule is CCCCN(C(=O)c1cc(Cl)c(OC)c(OC)c1)C1CC(C)(C)NC(C)(C)C1. The Hall–Kier alpha value is -1.46. The molecular formula is C22H35ClN2O3. The molecule has 0 bridgehead atoms. The van der Waals surface area contributed by atoms with Crippen molar-refractivity contribution < 1.29 is 14.3 Å². The molecule has 5 nitrogen and oxygen atoms in total. The Labute approximate surface area is 174 Å². The molecule has 1 amide bonds. The highest BCUT2D eigenvalue weighted by Gasteiger charge is 2.41. The molecule has 0 unspecified atom stereocenters. The third-order valence-electron chi connectivity index (χ3n) is 5.30. The van der Waals surface area contributed by atoms with E-state index in [0.717, 1.165) is 32.2 Å². The van der Waals surface area contributed by atoms with Crippen LogP contribution in [0, 0.1) is 0 Å². The average Bonchev–Trinajstić information content (AvgIpc) is 2.58. The Bertz CT molecular complexity index is 687.